The molecule has 0 fully saturated rings. The highest BCUT2D eigenvalue weighted by Gasteiger charge is 2.13. The Kier molecular flexibility index (Phi) is 7.55. The second-order valence-corrected chi connectivity index (χ2v) is 6.78. The molecule has 0 saturated carbocycles. The normalized spacial score (nSPS) is 10.4. The number of amides is 2. The Morgan fingerprint density at radius 2 is 1.47 bits per heavy atom. The lowest BCUT2D eigenvalue weighted by Gasteiger charge is -2.05. The summed E-state index contributed by atoms with van der Waals surface area (Å²) in [7, 11) is 1.53. The van der Waals surface area contributed by atoms with Crippen molar-refractivity contribution >= 4 is 41.3 Å². The SMILES string of the molecule is COc1ccc(NC(=O)C(=O)N/N=C/c2ccc(OC(=O)c3ccc(Cl)cc3)cc2)cc1. The molecule has 8 nitrogen and oxygen atoms in total. The minimum Gasteiger partial charge on any atom is -0.497 e. The number of benzene rings is 3. The van der Waals surface area contributed by atoms with Crippen LogP contribution in [0.1, 0.15) is 15.9 Å². The average Bonchev–Trinajstić information content (AvgIpc) is 2.81. The summed E-state index contributed by atoms with van der Waals surface area (Å²) >= 11 is 5.80. The van der Waals surface area contributed by atoms with Crippen LogP contribution in [0.5, 0.6) is 11.5 Å². The highest BCUT2D eigenvalue weighted by molar-refractivity contribution is 6.39. The number of ether oxygens (including phenoxy) is 2. The topological polar surface area (TPSA) is 106 Å². The van der Waals surface area contributed by atoms with Crippen molar-refractivity contribution in [3.63, 3.8) is 0 Å². The van der Waals surface area contributed by atoms with Gasteiger partial charge in [-0.3, -0.25) is 9.59 Å². The lowest BCUT2D eigenvalue weighted by molar-refractivity contribution is -0.136. The van der Waals surface area contributed by atoms with E-state index < -0.39 is 17.8 Å². The molecule has 162 valence electrons. The Hall–Kier alpha value is -4.17. The van der Waals surface area contributed by atoms with E-state index in [2.05, 4.69) is 15.8 Å². The van der Waals surface area contributed by atoms with Crippen LogP contribution in [0.25, 0.3) is 0 Å². The Balaban J connectivity index is 1.49. The predicted molar refractivity (Wildman–Crippen MR) is 120 cm³/mol. The summed E-state index contributed by atoms with van der Waals surface area (Å²) in [5.41, 5.74) is 3.58. The number of carbonyl (C=O) groups is 3. The van der Waals surface area contributed by atoms with Gasteiger partial charge in [0.15, 0.2) is 0 Å². The fraction of sp³-hybridized carbons (Fsp3) is 0.0435. The minimum absolute atomic E-state index is 0.338. The zero-order valence-corrected chi connectivity index (χ0v) is 17.6. The van der Waals surface area contributed by atoms with Crippen molar-refractivity contribution < 1.29 is 23.9 Å². The number of hydrogen-bond donors (Lipinski definition) is 2. The number of esters is 1. The van der Waals surface area contributed by atoms with E-state index in [9.17, 15) is 14.4 Å². The summed E-state index contributed by atoms with van der Waals surface area (Å²) < 4.78 is 10.3. The Labute approximate surface area is 188 Å². The third-order valence-electron chi connectivity index (χ3n) is 4.10. The number of hydrazone groups is 1. The van der Waals surface area contributed by atoms with Crippen LogP contribution in [0, 0.1) is 0 Å². The van der Waals surface area contributed by atoms with E-state index in [0.29, 0.717) is 33.3 Å². The number of rotatable bonds is 6. The lowest BCUT2D eigenvalue weighted by Crippen LogP contribution is -2.32. The third-order valence-corrected chi connectivity index (χ3v) is 4.36. The van der Waals surface area contributed by atoms with E-state index in [1.54, 1.807) is 72.8 Å². The van der Waals surface area contributed by atoms with Gasteiger partial charge in [0.25, 0.3) is 0 Å². The zero-order valence-electron chi connectivity index (χ0n) is 16.9. The van der Waals surface area contributed by atoms with E-state index in [0.717, 1.165) is 0 Å². The van der Waals surface area contributed by atoms with Gasteiger partial charge in [-0.2, -0.15) is 5.10 Å². The zero-order chi connectivity index (χ0) is 22.9. The van der Waals surface area contributed by atoms with Crippen LogP contribution in [-0.4, -0.2) is 31.1 Å². The molecule has 0 bridgehead atoms. The van der Waals surface area contributed by atoms with Gasteiger partial charge in [0, 0.05) is 10.7 Å². The van der Waals surface area contributed by atoms with E-state index >= 15 is 0 Å². The maximum atomic E-state index is 12.1. The maximum Gasteiger partial charge on any atom is 0.343 e. The fourth-order valence-electron chi connectivity index (χ4n) is 2.45. The number of anilines is 1. The molecule has 0 saturated heterocycles. The van der Waals surface area contributed by atoms with Crippen LogP contribution in [0.4, 0.5) is 5.69 Å². The molecule has 0 heterocycles. The minimum atomic E-state index is -0.925. The van der Waals surface area contributed by atoms with Crippen LogP contribution < -0.4 is 20.2 Å². The molecule has 0 atom stereocenters. The largest absolute Gasteiger partial charge is 0.497 e. The van der Waals surface area contributed by atoms with E-state index in [4.69, 9.17) is 21.1 Å². The second-order valence-electron chi connectivity index (χ2n) is 6.35. The highest BCUT2D eigenvalue weighted by atomic mass is 35.5. The summed E-state index contributed by atoms with van der Waals surface area (Å²) in [6.45, 7) is 0. The maximum absolute atomic E-state index is 12.1. The van der Waals surface area contributed by atoms with Gasteiger partial charge in [0.2, 0.25) is 0 Å². The van der Waals surface area contributed by atoms with Gasteiger partial charge in [0.05, 0.1) is 18.9 Å². The Morgan fingerprint density at radius 3 is 2.09 bits per heavy atom. The number of nitrogens with zero attached hydrogens (tertiary/aromatic N) is 1. The van der Waals surface area contributed by atoms with Gasteiger partial charge in [-0.15, -0.1) is 0 Å². The predicted octanol–water partition coefficient (Wildman–Crippen LogP) is 3.66. The fourth-order valence-corrected chi connectivity index (χ4v) is 2.58. The molecule has 2 N–H and O–H groups in total. The van der Waals surface area contributed by atoms with Gasteiger partial charge in [0.1, 0.15) is 11.5 Å². The molecule has 2 amide bonds. The van der Waals surface area contributed by atoms with Gasteiger partial charge in [-0.25, -0.2) is 10.2 Å². The van der Waals surface area contributed by atoms with Crippen molar-refractivity contribution in [3.05, 3.63) is 88.9 Å². The smallest absolute Gasteiger partial charge is 0.343 e. The summed E-state index contributed by atoms with van der Waals surface area (Å²) in [6.07, 6.45) is 1.35. The molecule has 0 radical (unpaired) electrons. The molecule has 0 spiro atoms. The van der Waals surface area contributed by atoms with Crippen LogP contribution in [-0.2, 0) is 9.59 Å². The van der Waals surface area contributed by atoms with Crippen LogP contribution in [0.15, 0.2) is 77.9 Å². The quantitative estimate of drug-likeness (QED) is 0.195. The number of nitrogens with one attached hydrogen (secondary N) is 2. The summed E-state index contributed by atoms with van der Waals surface area (Å²) in [5.74, 6) is -1.34. The first-order valence-corrected chi connectivity index (χ1v) is 9.68. The van der Waals surface area contributed by atoms with Gasteiger partial charge in [-0.1, -0.05) is 11.6 Å². The van der Waals surface area contributed by atoms with Crippen LogP contribution >= 0.6 is 11.6 Å². The van der Waals surface area contributed by atoms with Crippen molar-refractivity contribution in [2.75, 3.05) is 12.4 Å². The molecule has 0 aliphatic carbocycles. The molecule has 3 rings (SSSR count). The summed E-state index contributed by atoms with van der Waals surface area (Å²) in [6, 6.07) is 19.3. The molecule has 9 heteroatoms. The second kappa shape index (κ2) is 10.7. The Bertz CT molecular complexity index is 1130. The summed E-state index contributed by atoms with van der Waals surface area (Å²) in [4.78, 5) is 35.9. The van der Waals surface area contributed by atoms with Crippen LogP contribution in [0.3, 0.4) is 0 Å². The molecular formula is C23H18ClN3O5. The highest BCUT2D eigenvalue weighted by Crippen LogP contribution is 2.16. The van der Waals surface area contributed by atoms with Crippen molar-refractivity contribution in [2.24, 2.45) is 5.10 Å². The van der Waals surface area contributed by atoms with Gasteiger partial charge < -0.3 is 14.8 Å². The standard InChI is InChI=1S/C23H18ClN3O5/c1-31-19-12-8-18(9-13-19)26-21(28)22(29)27-25-14-15-2-10-20(11-3-15)32-23(30)16-4-6-17(24)7-5-16/h2-14H,1H3,(H,26,28)(H,27,29)/b25-14+. The monoisotopic (exact) mass is 451 g/mol. The molecule has 0 aliphatic heterocycles. The lowest BCUT2D eigenvalue weighted by atomic mass is 10.2. The first-order valence-electron chi connectivity index (χ1n) is 9.31. The molecule has 3 aromatic carbocycles. The van der Waals surface area contributed by atoms with Crippen LogP contribution in [0.2, 0.25) is 5.02 Å². The first kappa shape index (κ1) is 22.5. The average molecular weight is 452 g/mol. The first-order chi connectivity index (χ1) is 15.4. The van der Waals surface area contributed by atoms with Crippen molar-refractivity contribution in [1.82, 2.24) is 5.43 Å². The van der Waals surface area contributed by atoms with E-state index in [-0.39, 0.29) is 0 Å². The molecule has 0 unspecified atom stereocenters. The number of hydrogen-bond acceptors (Lipinski definition) is 6. The molecule has 32 heavy (non-hydrogen) atoms. The molecule has 0 aliphatic rings. The molecule has 0 aromatic heterocycles. The van der Waals surface area contributed by atoms with Crippen molar-refractivity contribution in [2.45, 2.75) is 0 Å². The number of methoxy groups -OCH3 is 1. The van der Waals surface area contributed by atoms with E-state index in [1.165, 1.54) is 13.3 Å². The number of halogens is 1. The number of carbonyl (C=O) groups excluding carboxylic acids is 3. The summed E-state index contributed by atoms with van der Waals surface area (Å²) in [5, 5.41) is 6.72. The van der Waals surface area contributed by atoms with Crippen molar-refractivity contribution in [3.8, 4) is 11.5 Å². The Morgan fingerprint density at radius 1 is 0.844 bits per heavy atom. The van der Waals surface area contributed by atoms with Gasteiger partial charge in [-0.05, 0) is 78.4 Å². The molecule has 3 aromatic rings. The van der Waals surface area contributed by atoms with Crippen molar-refractivity contribution in [1.29, 1.82) is 0 Å². The van der Waals surface area contributed by atoms with E-state index in [1.807, 2.05) is 0 Å². The van der Waals surface area contributed by atoms with Gasteiger partial charge >= 0.3 is 17.8 Å². The third kappa shape index (κ3) is 6.41. The molecular weight excluding hydrogens is 434 g/mol.